The van der Waals surface area contributed by atoms with E-state index in [-0.39, 0.29) is 24.0 Å². The number of amides is 2. The molecule has 2 aliphatic rings. The lowest BCUT2D eigenvalue weighted by Crippen LogP contribution is -2.49. The highest BCUT2D eigenvalue weighted by atomic mass is 16.5. The third-order valence-electron chi connectivity index (χ3n) is 5.19. The van der Waals surface area contributed by atoms with Gasteiger partial charge >= 0.3 is 0 Å². The van der Waals surface area contributed by atoms with Gasteiger partial charge in [0, 0.05) is 31.3 Å². The van der Waals surface area contributed by atoms with Crippen LogP contribution < -0.4 is 5.32 Å². The van der Waals surface area contributed by atoms with E-state index in [1.165, 1.54) is 5.56 Å². The van der Waals surface area contributed by atoms with Crippen LogP contribution in [0.3, 0.4) is 0 Å². The molecular formula is C20H28N2O3. The fraction of sp³-hybridized carbons (Fsp3) is 0.600. The second-order valence-electron chi connectivity index (χ2n) is 7.35. The predicted molar refractivity (Wildman–Crippen MR) is 96.6 cm³/mol. The van der Waals surface area contributed by atoms with Gasteiger partial charge in [-0.15, -0.1) is 0 Å². The first kappa shape index (κ1) is 17.9. The number of benzene rings is 1. The Morgan fingerprint density at radius 2 is 1.80 bits per heavy atom. The number of nitrogens with zero attached hydrogens (tertiary/aromatic N) is 1. The van der Waals surface area contributed by atoms with Crippen molar-refractivity contribution in [2.75, 3.05) is 19.7 Å². The number of nitrogens with one attached hydrogen (secondary N) is 1. The van der Waals surface area contributed by atoms with Gasteiger partial charge in [0.05, 0.1) is 0 Å². The van der Waals surface area contributed by atoms with Crippen LogP contribution in [-0.2, 0) is 9.53 Å². The van der Waals surface area contributed by atoms with Crippen molar-refractivity contribution in [2.24, 2.45) is 0 Å². The Morgan fingerprint density at radius 3 is 2.36 bits per heavy atom. The van der Waals surface area contributed by atoms with Crippen molar-refractivity contribution in [3.63, 3.8) is 0 Å². The molecule has 5 heteroatoms. The van der Waals surface area contributed by atoms with Crippen LogP contribution in [-0.4, -0.2) is 48.6 Å². The molecular weight excluding hydrogens is 316 g/mol. The molecule has 0 spiro atoms. The van der Waals surface area contributed by atoms with E-state index in [1.54, 1.807) is 0 Å². The Morgan fingerprint density at radius 1 is 1.12 bits per heavy atom. The zero-order valence-corrected chi connectivity index (χ0v) is 15.2. The van der Waals surface area contributed by atoms with Gasteiger partial charge in [0.1, 0.15) is 6.10 Å². The highest BCUT2D eigenvalue weighted by molar-refractivity contribution is 5.94. The summed E-state index contributed by atoms with van der Waals surface area (Å²) < 4.78 is 5.48. The maximum Gasteiger partial charge on any atom is 0.251 e. The van der Waals surface area contributed by atoms with Crippen LogP contribution in [0.2, 0.25) is 0 Å². The van der Waals surface area contributed by atoms with Crippen molar-refractivity contribution in [1.82, 2.24) is 10.2 Å². The summed E-state index contributed by atoms with van der Waals surface area (Å²) in [6.45, 7) is 6.35. The zero-order valence-electron chi connectivity index (χ0n) is 15.2. The van der Waals surface area contributed by atoms with Crippen molar-refractivity contribution in [3.05, 3.63) is 35.4 Å². The number of hydrogen-bond donors (Lipinski definition) is 1. The molecule has 0 aliphatic carbocycles. The molecule has 2 fully saturated rings. The Hall–Kier alpha value is -1.88. The molecule has 3 rings (SSSR count). The van der Waals surface area contributed by atoms with E-state index in [9.17, 15) is 9.59 Å². The Kier molecular flexibility index (Phi) is 5.74. The van der Waals surface area contributed by atoms with Crippen molar-refractivity contribution in [3.8, 4) is 0 Å². The fourth-order valence-electron chi connectivity index (χ4n) is 3.51. The van der Waals surface area contributed by atoms with Gasteiger partial charge in [-0.05, 0) is 49.3 Å². The molecule has 2 aliphatic heterocycles. The molecule has 2 saturated heterocycles. The molecule has 1 aromatic carbocycles. The Labute approximate surface area is 149 Å². The van der Waals surface area contributed by atoms with Gasteiger partial charge < -0.3 is 15.0 Å². The molecule has 0 bridgehead atoms. The third-order valence-corrected chi connectivity index (χ3v) is 5.19. The average Bonchev–Trinajstić information content (AvgIpc) is 3.16. The number of piperidine rings is 1. The average molecular weight is 344 g/mol. The Bertz CT molecular complexity index is 598. The number of rotatable bonds is 4. The summed E-state index contributed by atoms with van der Waals surface area (Å²) in [7, 11) is 0. The largest absolute Gasteiger partial charge is 0.368 e. The van der Waals surface area contributed by atoms with Crippen LogP contribution in [0.1, 0.15) is 61.4 Å². The van der Waals surface area contributed by atoms with Gasteiger partial charge in [0.25, 0.3) is 11.8 Å². The maximum absolute atomic E-state index is 12.4. The molecule has 0 aromatic heterocycles. The second kappa shape index (κ2) is 8.00. The minimum absolute atomic E-state index is 0.0285. The summed E-state index contributed by atoms with van der Waals surface area (Å²) in [5.41, 5.74) is 1.93. The number of likely N-dealkylation sites (tertiary alicyclic amines) is 1. The summed E-state index contributed by atoms with van der Waals surface area (Å²) in [4.78, 5) is 26.6. The van der Waals surface area contributed by atoms with Crippen LogP contribution in [0, 0.1) is 0 Å². The number of ether oxygens (including phenoxy) is 1. The smallest absolute Gasteiger partial charge is 0.251 e. The van der Waals surface area contributed by atoms with Gasteiger partial charge in [-0.2, -0.15) is 0 Å². The first-order chi connectivity index (χ1) is 12.0. The maximum atomic E-state index is 12.4. The highest BCUT2D eigenvalue weighted by Gasteiger charge is 2.31. The van der Waals surface area contributed by atoms with Crippen LogP contribution >= 0.6 is 0 Å². The van der Waals surface area contributed by atoms with Crippen LogP contribution in [0.15, 0.2) is 24.3 Å². The third kappa shape index (κ3) is 4.40. The normalized spacial score (nSPS) is 21.6. The minimum Gasteiger partial charge on any atom is -0.368 e. The molecule has 2 amide bonds. The highest BCUT2D eigenvalue weighted by Crippen LogP contribution is 2.19. The van der Waals surface area contributed by atoms with E-state index in [0.29, 0.717) is 31.2 Å². The number of hydrogen-bond acceptors (Lipinski definition) is 3. The summed E-state index contributed by atoms with van der Waals surface area (Å²) in [5.74, 6) is 0.550. The molecule has 1 aromatic rings. The van der Waals surface area contributed by atoms with E-state index in [1.807, 2.05) is 29.2 Å². The lowest BCUT2D eigenvalue weighted by molar-refractivity contribution is -0.142. The standard InChI is InChI=1S/C20H28N2O3/c1-14(2)15-5-7-16(8-6-15)19(23)21-17-9-11-22(12-10-17)20(24)18-4-3-13-25-18/h5-8,14,17-18H,3-4,9-13H2,1-2H3,(H,21,23). The van der Waals surface area contributed by atoms with Crippen LogP contribution in [0.5, 0.6) is 0 Å². The molecule has 0 radical (unpaired) electrons. The topological polar surface area (TPSA) is 58.6 Å². The molecule has 1 atom stereocenters. The number of carbonyl (C=O) groups is 2. The second-order valence-corrected chi connectivity index (χ2v) is 7.35. The van der Waals surface area contributed by atoms with Crippen molar-refractivity contribution in [1.29, 1.82) is 0 Å². The molecule has 2 heterocycles. The van der Waals surface area contributed by atoms with Gasteiger partial charge in [0.2, 0.25) is 0 Å². The summed E-state index contributed by atoms with van der Waals surface area (Å²) in [5, 5.41) is 3.10. The van der Waals surface area contributed by atoms with E-state index >= 15 is 0 Å². The SMILES string of the molecule is CC(C)c1ccc(C(=O)NC2CCN(C(=O)C3CCCO3)CC2)cc1. The van der Waals surface area contributed by atoms with E-state index in [4.69, 9.17) is 4.74 Å². The molecule has 25 heavy (non-hydrogen) atoms. The lowest BCUT2D eigenvalue weighted by Gasteiger charge is -2.33. The lowest BCUT2D eigenvalue weighted by atomic mass is 10.0. The number of carbonyl (C=O) groups excluding carboxylic acids is 2. The van der Waals surface area contributed by atoms with Crippen LogP contribution in [0.25, 0.3) is 0 Å². The van der Waals surface area contributed by atoms with E-state index in [0.717, 1.165) is 25.7 Å². The first-order valence-electron chi connectivity index (χ1n) is 9.36. The molecule has 5 nitrogen and oxygen atoms in total. The van der Waals surface area contributed by atoms with Crippen LogP contribution in [0.4, 0.5) is 0 Å². The van der Waals surface area contributed by atoms with Gasteiger partial charge in [-0.25, -0.2) is 0 Å². The summed E-state index contributed by atoms with van der Waals surface area (Å²) in [6.07, 6.45) is 3.16. The molecule has 1 unspecified atom stereocenters. The van der Waals surface area contributed by atoms with Gasteiger partial charge in [-0.3, -0.25) is 9.59 Å². The van der Waals surface area contributed by atoms with Crippen molar-refractivity contribution >= 4 is 11.8 Å². The summed E-state index contributed by atoms with van der Waals surface area (Å²) >= 11 is 0. The monoisotopic (exact) mass is 344 g/mol. The van der Waals surface area contributed by atoms with E-state index in [2.05, 4.69) is 19.2 Å². The minimum atomic E-state index is -0.245. The predicted octanol–water partition coefficient (Wildman–Crippen LogP) is 2.71. The fourth-order valence-corrected chi connectivity index (χ4v) is 3.51. The van der Waals surface area contributed by atoms with Gasteiger partial charge in [-0.1, -0.05) is 26.0 Å². The van der Waals surface area contributed by atoms with Gasteiger partial charge in [0.15, 0.2) is 0 Å². The Balaban J connectivity index is 1.48. The summed E-state index contributed by atoms with van der Waals surface area (Å²) in [6, 6.07) is 7.94. The quantitative estimate of drug-likeness (QED) is 0.914. The van der Waals surface area contributed by atoms with Crippen molar-refractivity contribution < 1.29 is 14.3 Å². The first-order valence-corrected chi connectivity index (χ1v) is 9.36. The molecule has 136 valence electrons. The zero-order chi connectivity index (χ0) is 17.8. The van der Waals surface area contributed by atoms with Crippen molar-refractivity contribution in [2.45, 2.75) is 57.6 Å². The van der Waals surface area contributed by atoms with E-state index < -0.39 is 0 Å². The molecule has 0 saturated carbocycles. The molecule has 1 N–H and O–H groups in total.